The number of carbonyl (C=O) groups is 3. The molecule has 0 saturated heterocycles. The Bertz CT molecular complexity index is 831. The lowest BCUT2D eigenvalue weighted by Crippen LogP contribution is -2.42. The summed E-state index contributed by atoms with van der Waals surface area (Å²) in [6.45, 7) is 3.20. The second-order valence-corrected chi connectivity index (χ2v) is 6.25. The van der Waals surface area contributed by atoms with Crippen molar-refractivity contribution in [3.63, 3.8) is 0 Å². The molecule has 1 aliphatic carbocycles. The van der Waals surface area contributed by atoms with Crippen LogP contribution in [0.2, 0.25) is 0 Å². The lowest BCUT2D eigenvalue weighted by atomic mass is 9.88. The van der Waals surface area contributed by atoms with Gasteiger partial charge in [-0.25, -0.2) is 9.59 Å². The summed E-state index contributed by atoms with van der Waals surface area (Å²) in [7, 11) is 0. The molecule has 0 bridgehead atoms. The standard InChI is InChI=1S/C21H23F2NO5/c1-3-28-18(25)16-11-10-15(12-17(16)19(26)29-4-2)21(22,23)20(27)24-13-14-8-6-5-7-9-14/h5-10H,3-4,11-13H2,1-2H3,(H,24,27). The van der Waals surface area contributed by atoms with E-state index in [0.29, 0.717) is 5.56 Å². The first-order chi connectivity index (χ1) is 13.8. The largest absolute Gasteiger partial charge is 0.463 e. The van der Waals surface area contributed by atoms with Gasteiger partial charge in [0, 0.05) is 18.5 Å². The molecule has 0 radical (unpaired) electrons. The summed E-state index contributed by atoms with van der Waals surface area (Å²) >= 11 is 0. The van der Waals surface area contributed by atoms with Gasteiger partial charge in [0.25, 0.3) is 5.91 Å². The fraction of sp³-hybridized carbons (Fsp3) is 0.381. The van der Waals surface area contributed by atoms with Crippen LogP contribution >= 0.6 is 0 Å². The molecule has 1 amide bonds. The summed E-state index contributed by atoms with van der Waals surface area (Å²) in [5.74, 6) is -6.95. The number of allylic oxidation sites excluding steroid dienone is 1. The molecule has 6 nitrogen and oxygen atoms in total. The van der Waals surface area contributed by atoms with Crippen LogP contribution in [0.4, 0.5) is 8.78 Å². The molecule has 8 heteroatoms. The van der Waals surface area contributed by atoms with Gasteiger partial charge in [-0.05, 0) is 25.8 Å². The topological polar surface area (TPSA) is 81.7 Å². The molecule has 1 N–H and O–H groups in total. The smallest absolute Gasteiger partial charge is 0.346 e. The number of hydrogen-bond acceptors (Lipinski definition) is 5. The van der Waals surface area contributed by atoms with Crippen molar-refractivity contribution in [2.75, 3.05) is 13.2 Å². The molecule has 29 heavy (non-hydrogen) atoms. The third-order valence-corrected chi connectivity index (χ3v) is 4.31. The summed E-state index contributed by atoms with van der Waals surface area (Å²) in [6, 6.07) is 8.64. The Labute approximate surface area is 167 Å². The maximum atomic E-state index is 14.7. The van der Waals surface area contributed by atoms with E-state index < -0.39 is 35.8 Å². The van der Waals surface area contributed by atoms with E-state index in [1.165, 1.54) is 0 Å². The van der Waals surface area contributed by atoms with Crippen molar-refractivity contribution in [1.29, 1.82) is 0 Å². The molecule has 0 aromatic heterocycles. The van der Waals surface area contributed by atoms with E-state index in [1.54, 1.807) is 44.2 Å². The molecule has 0 unspecified atom stereocenters. The van der Waals surface area contributed by atoms with Crippen molar-refractivity contribution in [2.45, 2.75) is 39.2 Å². The first-order valence-electron chi connectivity index (χ1n) is 9.27. The SMILES string of the molecule is CCOC(=O)C1=C(C(=O)OCC)CC(C(F)(F)C(=O)NCc2ccccc2)=CC1. The third-order valence-electron chi connectivity index (χ3n) is 4.31. The molecule has 0 heterocycles. The number of ether oxygens (including phenoxy) is 2. The zero-order chi connectivity index (χ0) is 21.4. The van der Waals surface area contributed by atoms with Crippen LogP contribution in [0.15, 0.2) is 53.1 Å². The predicted molar refractivity (Wildman–Crippen MR) is 101 cm³/mol. The van der Waals surface area contributed by atoms with E-state index in [0.717, 1.165) is 6.08 Å². The van der Waals surface area contributed by atoms with Gasteiger partial charge in [0.2, 0.25) is 0 Å². The van der Waals surface area contributed by atoms with E-state index in [1.807, 2.05) is 0 Å². The minimum absolute atomic E-state index is 0.0193. The van der Waals surface area contributed by atoms with Crippen LogP contribution in [-0.2, 0) is 30.4 Å². The molecule has 0 aliphatic heterocycles. The van der Waals surface area contributed by atoms with Crippen LogP contribution in [0.25, 0.3) is 0 Å². The number of carbonyl (C=O) groups excluding carboxylic acids is 3. The molecule has 1 aliphatic rings. The van der Waals surface area contributed by atoms with Gasteiger partial charge in [0.15, 0.2) is 0 Å². The Kier molecular flexibility index (Phi) is 7.64. The Balaban J connectivity index is 2.17. The first-order valence-corrected chi connectivity index (χ1v) is 9.27. The molecular formula is C21H23F2NO5. The number of hydrogen-bond donors (Lipinski definition) is 1. The summed E-state index contributed by atoms with van der Waals surface area (Å²) in [5.41, 5.74) is -0.127. The van der Waals surface area contributed by atoms with Crippen LogP contribution < -0.4 is 5.32 Å². The van der Waals surface area contributed by atoms with E-state index >= 15 is 0 Å². The Morgan fingerprint density at radius 1 is 1.00 bits per heavy atom. The third kappa shape index (κ3) is 5.49. The zero-order valence-corrected chi connectivity index (χ0v) is 16.3. The molecule has 0 atom stereocenters. The summed E-state index contributed by atoms with van der Waals surface area (Å²) in [5, 5.41) is 2.21. The van der Waals surface area contributed by atoms with Crippen LogP contribution in [0, 0.1) is 0 Å². The molecule has 2 rings (SSSR count). The van der Waals surface area contributed by atoms with Gasteiger partial charge in [-0.3, -0.25) is 4.79 Å². The maximum absolute atomic E-state index is 14.7. The maximum Gasteiger partial charge on any atom is 0.346 e. The average Bonchev–Trinajstić information content (AvgIpc) is 2.72. The lowest BCUT2D eigenvalue weighted by molar-refractivity contribution is -0.143. The molecule has 1 aromatic carbocycles. The van der Waals surface area contributed by atoms with Gasteiger partial charge in [-0.1, -0.05) is 36.4 Å². The van der Waals surface area contributed by atoms with Crippen LogP contribution in [0.3, 0.4) is 0 Å². The van der Waals surface area contributed by atoms with Crippen molar-refractivity contribution in [3.05, 3.63) is 58.7 Å². The second kappa shape index (κ2) is 9.95. The molecule has 156 valence electrons. The van der Waals surface area contributed by atoms with Gasteiger partial charge in [0.1, 0.15) is 0 Å². The second-order valence-electron chi connectivity index (χ2n) is 6.25. The Morgan fingerprint density at radius 2 is 1.59 bits per heavy atom. The number of amides is 1. The average molecular weight is 407 g/mol. The minimum atomic E-state index is -3.84. The van der Waals surface area contributed by atoms with Gasteiger partial charge >= 0.3 is 17.9 Å². The van der Waals surface area contributed by atoms with E-state index in [4.69, 9.17) is 9.47 Å². The number of nitrogens with one attached hydrogen (secondary N) is 1. The number of alkyl halides is 2. The predicted octanol–water partition coefficient (Wildman–Crippen LogP) is 3.08. The highest BCUT2D eigenvalue weighted by Crippen LogP contribution is 2.36. The van der Waals surface area contributed by atoms with Gasteiger partial charge in [-0.15, -0.1) is 0 Å². The Morgan fingerprint density at radius 3 is 2.17 bits per heavy atom. The van der Waals surface area contributed by atoms with Crippen LogP contribution in [-0.4, -0.2) is 37.0 Å². The molecular weight excluding hydrogens is 384 g/mol. The fourth-order valence-corrected chi connectivity index (χ4v) is 2.83. The van der Waals surface area contributed by atoms with E-state index in [-0.39, 0.29) is 37.3 Å². The van der Waals surface area contributed by atoms with Crippen LogP contribution in [0.1, 0.15) is 32.3 Å². The van der Waals surface area contributed by atoms with Gasteiger partial charge in [-0.2, -0.15) is 8.78 Å². The summed E-state index contributed by atoms with van der Waals surface area (Å²) < 4.78 is 39.3. The summed E-state index contributed by atoms with van der Waals surface area (Å²) in [6.07, 6.45) is 0.277. The monoisotopic (exact) mass is 407 g/mol. The number of benzene rings is 1. The normalized spacial score (nSPS) is 14.1. The number of rotatable bonds is 8. The quantitative estimate of drug-likeness (QED) is 0.529. The molecule has 1 aromatic rings. The fourth-order valence-electron chi connectivity index (χ4n) is 2.83. The van der Waals surface area contributed by atoms with Crippen LogP contribution in [0.5, 0.6) is 0 Å². The van der Waals surface area contributed by atoms with Gasteiger partial charge < -0.3 is 14.8 Å². The molecule has 0 saturated carbocycles. The highest BCUT2D eigenvalue weighted by Gasteiger charge is 2.45. The van der Waals surface area contributed by atoms with Gasteiger partial charge in [0.05, 0.1) is 24.4 Å². The van der Waals surface area contributed by atoms with E-state index in [2.05, 4.69) is 5.32 Å². The lowest BCUT2D eigenvalue weighted by Gasteiger charge is -2.24. The van der Waals surface area contributed by atoms with Crippen molar-refractivity contribution < 1.29 is 32.6 Å². The minimum Gasteiger partial charge on any atom is -0.463 e. The highest BCUT2D eigenvalue weighted by molar-refractivity contribution is 6.02. The van der Waals surface area contributed by atoms with Crippen molar-refractivity contribution in [1.82, 2.24) is 5.32 Å². The zero-order valence-electron chi connectivity index (χ0n) is 16.3. The number of esters is 2. The van der Waals surface area contributed by atoms with Crippen molar-refractivity contribution in [2.24, 2.45) is 0 Å². The summed E-state index contributed by atoms with van der Waals surface area (Å²) in [4.78, 5) is 36.4. The number of halogens is 2. The highest BCUT2D eigenvalue weighted by atomic mass is 19.3. The van der Waals surface area contributed by atoms with Crippen molar-refractivity contribution >= 4 is 17.8 Å². The molecule has 0 spiro atoms. The first kappa shape index (κ1) is 22.3. The van der Waals surface area contributed by atoms with E-state index in [9.17, 15) is 23.2 Å². The van der Waals surface area contributed by atoms with Crippen molar-refractivity contribution in [3.8, 4) is 0 Å². The Hall–Kier alpha value is -3.03. The molecule has 0 fully saturated rings.